The maximum atomic E-state index is 11.9. The van der Waals surface area contributed by atoms with E-state index in [1.807, 2.05) is 0 Å². The Bertz CT molecular complexity index is 505. The van der Waals surface area contributed by atoms with Crippen molar-refractivity contribution in [2.45, 2.75) is 32.2 Å². The largest absolute Gasteiger partial charge is 0.496 e. The molecule has 0 saturated carbocycles. The number of fused-ring (bicyclic) bond motifs is 1. The Labute approximate surface area is 99.2 Å². The van der Waals surface area contributed by atoms with Gasteiger partial charge in [-0.3, -0.25) is 9.59 Å². The first-order valence-electron chi connectivity index (χ1n) is 5.75. The van der Waals surface area contributed by atoms with Crippen LogP contribution in [0.1, 0.15) is 35.3 Å². The van der Waals surface area contributed by atoms with Gasteiger partial charge in [-0.25, -0.2) is 0 Å². The predicted octanol–water partition coefficient (Wildman–Crippen LogP) is 0.682. The quantitative estimate of drug-likeness (QED) is 0.820. The standard InChI is InChI=1S/C12H16N2O3/c1-17-9-7-10(15)14-6-4-2-3-5-8(14)11(9)12(13)16/h7H,2-6H2,1H3,(H2,13,16). The molecule has 92 valence electrons. The van der Waals surface area contributed by atoms with Crippen molar-refractivity contribution in [1.82, 2.24) is 4.57 Å². The van der Waals surface area contributed by atoms with Crippen molar-refractivity contribution in [3.8, 4) is 5.75 Å². The molecule has 5 heteroatoms. The summed E-state index contributed by atoms with van der Waals surface area (Å²) in [6.45, 7) is 0.651. The fourth-order valence-corrected chi connectivity index (χ4v) is 2.34. The number of pyridine rings is 1. The van der Waals surface area contributed by atoms with Crippen molar-refractivity contribution in [2.75, 3.05) is 7.11 Å². The van der Waals surface area contributed by atoms with Crippen LogP contribution in [0.15, 0.2) is 10.9 Å². The summed E-state index contributed by atoms with van der Waals surface area (Å²) in [5, 5.41) is 0. The van der Waals surface area contributed by atoms with Crippen LogP contribution in [-0.2, 0) is 13.0 Å². The van der Waals surface area contributed by atoms with E-state index in [-0.39, 0.29) is 11.3 Å². The maximum Gasteiger partial charge on any atom is 0.254 e. The van der Waals surface area contributed by atoms with Gasteiger partial charge in [0.1, 0.15) is 11.3 Å². The number of methoxy groups -OCH3 is 1. The zero-order valence-corrected chi connectivity index (χ0v) is 9.86. The van der Waals surface area contributed by atoms with Crippen LogP contribution in [0.25, 0.3) is 0 Å². The van der Waals surface area contributed by atoms with Gasteiger partial charge in [0.15, 0.2) is 0 Å². The Morgan fingerprint density at radius 2 is 2.18 bits per heavy atom. The molecule has 0 aromatic carbocycles. The van der Waals surface area contributed by atoms with E-state index in [0.717, 1.165) is 25.0 Å². The smallest absolute Gasteiger partial charge is 0.254 e. The van der Waals surface area contributed by atoms with Crippen molar-refractivity contribution in [3.05, 3.63) is 27.7 Å². The van der Waals surface area contributed by atoms with E-state index in [0.29, 0.717) is 18.5 Å². The van der Waals surface area contributed by atoms with Gasteiger partial charge in [0.25, 0.3) is 11.5 Å². The molecule has 0 spiro atoms. The van der Waals surface area contributed by atoms with Crippen molar-refractivity contribution in [1.29, 1.82) is 0 Å². The van der Waals surface area contributed by atoms with Crippen molar-refractivity contribution in [2.24, 2.45) is 5.73 Å². The minimum atomic E-state index is -0.535. The molecule has 5 nitrogen and oxygen atoms in total. The Kier molecular flexibility index (Phi) is 3.17. The van der Waals surface area contributed by atoms with Crippen LogP contribution in [0.5, 0.6) is 5.75 Å². The van der Waals surface area contributed by atoms with E-state index in [2.05, 4.69) is 0 Å². The summed E-state index contributed by atoms with van der Waals surface area (Å²) in [7, 11) is 1.44. The summed E-state index contributed by atoms with van der Waals surface area (Å²) in [5.41, 5.74) is 6.34. The Balaban J connectivity index is 2.71. The highest BCUT2D eigenvalue weighted by molar-refractivity contribution is 5.96. The van der Waals surface area contributed by atoms with Crippen molar-refractivity contribution in [3.63, 3.8) is 0 Å². The topological polar surface area (TPSA) is 74.3 Å². The molecule has 0 radical (unpaired) electrons. The molecule has 0 fully saturated rings. The number of carbonyl (C=O) groups is 1. The third kappa shape index (κ3) is 2.05. The lowest BCUT2D eigenvalue weighted by Crippen LogP contribution is -2.27. The average molecular weight is 236 g/mol. The van der Waals surface area contributed by atoms with E-state index in [1.54, 1.807) is 4.57 Å². The molecule has 2 N–H and O–H groups in total. The molecule has 2 rings (SSSR count). The molecule has 0 saturated heterocycles. The van der Waals surface area contributed by atoms with E-state index < -0.39 is 5.91 Å². The molecule has 2 heterocycles. The highest BCUT2D eigenvalue weighted by Gasteiger charge is 2.21. The summed E-state index contributed by atoms with van der Waals surface area (Å²) < 4.78 is 6.73. The summed E-state index contributed by atoms with van der Waals surface area (Å²) in [6.07, 6.45) is 3.68. The molecule has 0 aliphatic carbocycles. The third-order valence-electron chi connectivity index (χ3n) is 3.14. The van der Waals surface area contributed by atoms with Gasteiger partial charge >= 0.3 is 0 Å². The van der Waals surface area contributed by atoms with E-state index in [4.69, 9.17) is 10.5 Å². The highest BCUT2D eigenvalue weighted by Crippen LogP contribution is 2.23. The second-order valence-corrected chi connectivity index (χ2v) is 4.20. The summed E-state index contributed by atoms with van der Waals surface area (Å²) in [5.74, 6) is -0.247. The van der Waals surface area contributed by atoms with Crippen LogP contribution in [0, 0.1) is 0 Å². The number of primary amides is 1. The van der Waals surface area contributed by atoms with Crippen LogP contribution >= 0.6 is 0 Å². The number of nitrogens with zero attached hydrogens (tertiary/aromatic N) is 1. The number of amides is 1. The number of hydrogen-bond donors (Lipinski definition) is 1. The average Bonchev–Trinajstić information content (AvgIpc) is 2.53. The summed E-state index contributed by atoms with van der Waals surface area (Å²) in [4.78, 5) is 23.4. The van der Waals surface area contributed by atoms with E-state index in [9.17, 15) is 9.59 Å². The Morgan fingerprint density at radius 3 is 2.82 bits per heavy atom. The fourth-order valence-electron chi connectivity index (χ4n) is 2.34. The SMILES string of the molecule is COc1cc(=O)n2c(c1C(N)=O)CCCCC2. The lowest BCUT2D eigenvalue weighted by molar-refractivity contribution is 0.0995. The minimum Gasteiger partial charge on any atom is -0.496 e. The zero-order valence-electron chi connectivity index (χ0n) is 9.86. The molecule has 0 unspecified atom stereocenters. The van der Waals surface area contributed by atoms with Gasteiger partial charge in [-0.15, -0.1) is 0 Å². The van der Waals surface area contributed by atoms with Crippen LogP contribution in [0.3, 0.4) is 0 Å². The van der Waals surface area contributed by atoms with Crippen molar-refractivity contribution >= 4 is 5.91 Å². The van der Waals surface area contributed by atoms with Crippen LogP contribution in [0.2, 0.25) is 0 Å². The lowest BCUT2D eigenvalue weighted by atomic mass is 10.1. The molecule has 17 heavy (non-hydrogen) atoms. The Hall–Kier alpha value is -1.78. The van der Waals surface area contributed by atoms with E-state index in [1.165, 1.54) is 13.2 Å². The summed E-state index contributed by atoms with van der Waals surface area (Å²) in [6, 6.07) is 1.34. The minimum absolute atomic E-state index is 0.122. The van der Waals surface area contributed by atoms with Gasteiger partial charge in [0.05, 0.1) is 7.11 Å². The van der Waals surface area contributed by atoms with Crippen LogP contribution < -0.4 is 16.0 Å². The molecule has 1 aliphatic heterocycles. The number of aromatic nitrogens is 1. The number of rotatable bonds is 2. The van der Waals surface area contributed by atoms with Crippen LogP contribution in [0.4, 0.5) is 0 Å². The van der Waals surface area contributed by atoms with Crippen LogP contribution in [-0.4, -0.2) is 17.6 Å². The number of ether oxygens (including phenoxy) is 1. The number of carbonyl (C=O) groups excluding carboxylic acids is 1. The third-order valence-corrected chi connectivity index (χ3v) is 3.14. The molecule has 1 aromatic rings. The summed E-state index contributed by atoms with van der Waals surface area (Å²) >= 11 is 0. The predicted molar refractivity (Wildman–Crippen MR) is 63.3 cm³/mol. The second-order valence-electron chi connectivity index (χ2n) is 4.20. The normalized spacial score (nSPS) is 14.9. The van der Waals surface area contributed by atoms with Gasteiger partial charge < -0.3 is 15.0 Å². The molecular formula is C12H16N2O3. The van der Waals surface area contributed by atoms with E-state index >= 15 is 0 Å². The molecule has 1 amide bonds. The van der Waals surface area contributed by atoms with Gasteiger partial charge in [-0.2, -0.15) is 0 Å². The fraction of sp³-hybridized carbons (Fsp3) is 0.500. The van der Waals surface area contributed by atoms with Gasteiger partial charge in [0.2, 0.25) is 0 Å². The molecule has 1 aliphatic rings. The Morgan fingerprint density at radius 1 is 1.41 bits per heavy atom. The highest BCUT2D eigenvalue weighted by atomic mass is 16.5. The molecule has 1 aromatic heterocycles. The first kappa shape index (κ1) is 11.7. The van der Waals surface area contributed by atoms with Gasteiger partial charge in [0, 0.05) is 18.3 Å². The molecule has 0 bridgehead atoms. The zero-order chi connectivity index (χ0) is 12.4. The first-order chi connectivity index (χ1) is 8.15. The number of hydrogen-bond acceptors (Lipinski definition) is 3. The molecule has 0 atom stereocenters. The molecular weight excluding hydrogens is 220 g/mol. The van der Waals surface area contributed by atoms with Crippen molar-refractivity contribution < 1.29 is 9.53 Å². The maximum absolute atomic E-state index is 11.9. The lowest BCUT2D eigenvalue weighted by Gasteiger charge is -2.15. The number of nitrogens with two attached hydrogens (primary N) is 1. The second kappa shape index (κ2) is 4.61. The first-order valence-corrected chi connectivity index (χ1v) is 5.75. The van der Waals surface area contributed by atoms with Gasteiger partial charge in [-0.05, 0) is 19.3 Å². The monoisotopic (exact) mass is 236 g/mol. The van der Waals surface area contributed by atoms with Gasteiger partial charge in [-0.1, -0.05) is 6.42 Å².